The van der Waals surface area contributed by atoms with Crippen LogP contribution in [0, 0.1) is 6.92 Å². The summed E-state index contributed by atoms with van der Waals surface area (Å²) in [4.78, 5) is 8.88. The Bertz CT molecular complexity index is 1330. The van der Waals surface area contributed by atoms with Gasteiger partial charge in [-0.25, -0.2) is 4.98 Å². The third-order valence-electron chi connectivity index (χ3n) is 5.49. The zero-order valence-corrected chi connectivity index (χ0v) is 20.6. The van der Waals surface area contributed by atoms with E-state index in [-0.39, 0.29) is 0 Å². The summed E-state index contributed by atoms with van der Waals surface area (Å²) in [6.45, 7) is 4.14. The molecule has 5 rings (SSSR count). The lowest BCUT2D eigenvalue weighted by molar-refractivity contribution is 0.622. The van der Waals surface area contributed by atoms with Crippen LogP contribution in [-0.2, 0) is 12.8 Å². The van der Waals surface area contributed by atoms with Crippen LogP contribution in [0.3, 0.4) is 0 Å². The highest BCUT2D eigenvalue weighted by Crippen LogP contribution is 2.38. The molecule has 8 heteroatoms. The molecule has 1 unspecified atom stereocenters. The minimum atomic E-state index is -0.909. The van der Waals surface area contributed by atoms with Crippen molar-refractivity contribution in [2.75, 3.05) is 22.4 Å². The summed E-state index contributed by atoms with van der Waals surface area (Å²) in [5, 5.41) is 10.7. The number of benzene rings is 3. The van der Waals surface area contributed by atoms with Crippen LogP contribution in [0.5, 0.6) is 5.75 Å². The van der Waals surface area contributed by atoms with Gasteiger partial charge in [-0.15, -0.1) is 0 Å². The minimum Gasteiger partial charge on any atom is -0.454 e. The van der Waals surface area contributed by atoms with Gasteiger partial charge >= 0.3 is 0 Å². The highest BCUT2D eigenvalue weighted by molar-refractivity contribution is 7.53. The smallest absolute Gasteiger partial charge is 0.229 e. The van der Waals surface area contributed by atoms with Gasteiger partial charge in [-0.3, -0.25) is 0 Å². The van der Waals surface area contributed by atoms with Gasteiger partial charge in [0.2, 0.25) is 5.95 Å². The maximum atomic E-state index is 6.38. The second-order valence-corrected chi connectivity index (χ2v) is 10.0. The van der Waals surface area contributed by atoms with Crippen molar-refractivity contribution in [3.05, 3.63) is 94.6 Å². The zero-order valence-electron chi connectivity index (χ0n) is 19.0. The third kappa shape index (κ3) is 5.41. The van der Waals surface area contributed by atoms with E-state index in [4.69, 9.17) is 16.1 Å². The van der Waals surface area contributed by atoms with Crippen LogP contribution in [0.25, 0.3) is 0 Å². The van der Waals surface area contributed by atoms with Gasteiger partial charge < -0.3 is 20.2 Å². The van der Waals surface area contributed by atoms with Crippen molar-refractivity contribution in [3.63, 3.8) is 0 Å². The molecule has 172 valence electrons. The van der Waals surface area contributed by atoms with Crippen molar-refractivity contribution in [1.29, 1.82) is 0 Å². The van der Waals surface area contributed by atoms with Crippen molar-refractivity contribution in [2.45, 2.75) is 19.8 Å². The summed E-state index contributed by atoms with van der Waals surface area (Å²) in [5.41, 5.74) is 6.52. The van der Waals surface area contributed by atoms with Gasteiger partial charge in [0.15, 0.2) is 14.1 Å². The van der Waals surface area contributed by atoms with Gasteiger partial charge in [-0.2, -0.15) is 4.98 Å². The molecule has 1 atom stereocenters. The van der Waals surface area contributed by atoms with E-state index in [1.54, 1.807) is 6.20 Å². The van der Waals surface area contributed by atoms with Gasteiger partial charge in [-0.05, 0) is 78.9 Å². The molecule has 1 aliphatic heterocycles. The van der Waals surface area contributed by atoms with Crippen molar-refractivity contribution < 1.29 is 4.52 Å². The molecule has 34 heavy (non-hydrogen) atoms. The predicted octanol–water partition coefficient (Wildman–Crippen LogP) is 7.46. The molecule has 0 aliphatic carbocycles. The van der Waals surface area contributed by atoms with Gasteiger partial charge in [-0.1, -0.05) is 35.9 Å². The summed E-state index contributed by atoms with van der Waals surface area (Å²) in [7, 11) is -0.909. The standard InChI is InChI=1S/C26H25ClN5OP/c1-17-5-3-8-22(13-17)33-34(2)32-24-12-11-21-15-19(24)10-9-18-6-4-7-20(14-18)30-26-28-16-23(27)25(29-21)31-26/h3-8,11-16,32H,9-10H2,1-2H3,(H2,28,29,30,31). The van der Waals surface area contributed by atoms with E-state index >= 15 is 0 Å². The topological polar surface area (TPSA) is 71.1 Å². The normalized spacial score (nSPS) is 13.3. The first-order chi connectivity index (χ1) is 16.5. The molecule has 2 heterocycles. The number of aryl methyl sites for hydroxylation is 3. The van der Waals surface area contributed by atoms with Gasteiger partial charge in [0.25, 0.3) is 0 Å². The third-order valence-corrected chi connectivity index (χ3v) is 6.81. The lowest BCUT2D eigenvalue weighted by Crippen LogP contribution is -2.03. The van der Waals surface area contributed by atoms with E-state index in [1.807, 2.05) is 30.3 Å². The maximum Gasteiger partial charge on any atom is 0.229 e. The lowest BCUT2D eigenvalue weighted by atomic mass is 10.0. The Morgan fingerprint density at radius 3 is 2.71 bits per heavy atom. The average molecular weight is 490 g/mol. The monoisotopic (exact) mass is 489 g/mol. The number of anilines is 5. The molecule has 3 aromatic carbocycles. The van der Waals surface area contributed by atoms with Gasteiger partial charge in [0.1, 0.15) is 10.8 Å². The predicted molar refractivity (Wildman–Crippen MR) is 142 cm³/mol. The fraction of sp³-hybridized carbons (Fsp3) is 0.154. The van der Waals surface area contributed by atoms with Crippen molar-refractivity contribution in [1.82, 2.24) is 9.97 Å². The van der Waals surface area contributed by atoms with Gasteiger partial charge in [0, 0.05) is 23.7 Å². The number of hydrogen-bond donors (Lipinski definition) is 3. The van der Waals surface area contributed by atoms with Crippen LogP contribution in [-0.4, -0.2) is 16.6 Å². The summed E-state index contributed by atoms with van der Waals surface area (Å²) in [6.07, 6.45) is 3.37. The second kappa shape index (κ2) is 9.88. The number of halogens is 1. The molecule has 6 bridgehead atoms. The Morgan fingerprint density at radius 2 is 1.82 bits per heavy atom. The molecule has 0 saturated heterocycles. The van der Waals surface area contributed by atoms with Crippen LogP contribution < -0.4 is 20.2 Å². The van der Waals surface area contributed by atoms with Crippen molar-refractivity contribution in [2.24, 2.45) is 0 Å². The Morgan fingerprint density at radius 1 is 0.971 bits per heavy atom. The average Bonchev–Trinajstić information content (AvgIpc) is 2.81. The van der Waals surface area contributed by atoms with Crippen LogP contribution in [0.1, 0.15) is 16.7 Å². The molecule has 0 amide bonds. The second-order valence-electron chi connectivity index (χ2n) is 8.23. The molecule has 3 N–H and O–H groups in total. The van der Waals surface area contributed by atoms with E-state index in [1.165, 1.54) is 16.7 Å². The Hall–Kier alpha value is -3.34. The highest BCUT2D eigenvalue weighted by Gasteiger charge is 2.13. The molecule has 4 aromatic rings. The molecule has 1 aliphatic rings. The van der Waals surface area contributed by atoms with Crippen molar-refractivity contribution >= 4 is 48.7 Å². The number of nitrogens with zero attached hydrogens (tertiary/aromatic N) is 2. The summed E-state index contributed by atoms with van der Waals surface area (Å²) >= 11 is 6.38. The number of aromatic nitrogens is 2. The Balaban J connectivity index is 1.45. The Labute approximate surface area is 205 Å². The van der Waals surface area contributed by atoms with E-state index in [0.29, 0.717) is 16.8 Å². The molecule has 0 radical (unpaired) electrons. The summed E-state index contributed by atoms with van der Waals surface area (Å²) in [6, 6.07) is 22.7. The first-order valence-corrected chi connectivity index (χ1v) is 13.1. The molecular weight excluding hydrogens is 465 g/mol. The van der Waals surface area contributed by atoms with Crippen LogP contribution in [0.2, 0.25) is 5.02 Å². The van der Waals surface area contributed by atoms with E-state index in [0.717, 1.165) is 35.7 Å². The molecule has 1 aromatic heterocycles. The van der Waals surface area contributed by atoms with E-state index in [2.05, 4.69) is 75.7 Å². The fourth-order valence-corrected chi connectivity index (χ4v) is 5.05. The first-order valence-electron chi connectivity index (χ1n) is 11.1. The summed E-state index contributed by atoms with van der Waals surface area (Å²) in [5.74, 6) is 1.92. The largest absolute Gasteiger partial charge is 0.454 e. The Kier molecular flexibility index (Phi) is 6.52. The lowest BCUT2D eigenvalue weighted by Gasteiger charge is -2.20. The number of fused-ring (bicyclic) bond motifs is 6. The van der Waals surface area contributed by atoms with E-state index < -0.39 is 8.30 Å². The number of rotatable bonds is 4. The van der Waals surface area contributed by atoms with Crippen LogP contribution in [0.4, 0.5) is 28.8 Å². The van der Waals surface area contributed by atoms with Crippen molar-refractivity contribution in [3.8, 4) is 5.75 Å². The van der Waals surface area contributed by atoms with Crippen LogP contribution >= 0.6 is 19.9 Å². The van der Waals surface area contributed by atoms with Crippen LogP contribution in [0.15, 0.2) is 72.9 Å². The number of hydrogen-bond acceptors (Lipinski definition) is 6. The maximum absolute atomic E-state index is 6.38. The van der Waals surface area contributed by atoms with E-state index in [9.17, 15) is 0 Å². The molecule has 0 spiro atoms. The number of nitrogens with one attached hydrogen (secondary N) is 3. The molecule has 6 nitrogen and oxygen atoms in total. The minimum absolute atomic E-state index is 0.460. The first kappa shape index (κ1) is 22.5. The summed E-state index contributed by atoms with van der Waals surface area (Å²) < 4.78 is 6.18. The fourth-order valence-electron chi connectivity index (χ4n) is 3.87. The highest BCUT2D eigenvalue weighted by atomic mass is 35.5. The van der Waals surface area contributed by atoms with Gasteiger partial charge in [0.05, 0.1) is 6.20 Å². The quantitative estimate of drug-likeness (QED) is 0.258. The SMILES string of the molecule is Cc1cccc(OP(C)Nc2ccc3cc2CCc2cccc(c2)Nc2ncc(Cl)c(n2)N3)c1. The molecular formula is C26H25ClN5OP. The molecule has 0 saturated carbocycles. The molecule has 0 fully saturated rings. The zero-order chi connectivity index (χ0) is 23.5.